The summed E-state index contributed by atoms with van der Waals surface area (Å²) in [7, 11) is 3.28. The third-order valence-corrected chi connectivity index (χ3v) is 4.66. The zero-order valence-electron chi connectivity index (χ0n) is 14.3. The molecule has 0 aliphatic carbocycles. The van der Waals surface area contributed by atoms with Crippen LogP contribution in [0.1, 0.15) is 37.4 Å². The van der Waals surface area contributed by atoms with Gasteiger partial charge >= 0.3 is 0 Å². The molecule has 0 bridgehead atoms. The predicted molar refractivity (Wildman–Crippen MR) is 90.2 cm³/mol. The molecular weight excluding hydrogens is 306 g/mol. The molecular formula is C18H23N3O3. The number of methoxy groups -OCH3 is 2. The van der Waals surface area contributed by atoms with E-state index in [4.69, 9.17) is 9.47 Å². The Labute approximate surface area is 142 Å². The van der Waals surface area contributed by atoms with E-state index in [0.717, 1.165) is 36.4 Å². The number of benzene rings is 1. The molecule has 1 aliphatic rings. The number of likely N-dealkylation sites (tertiary alicyclic amines) is 1. The first-order valence-electron chi connectivity index (χ1n) is 8.15. The minimum absolute atomic E-state index is 0.0318. The third-order valence-electron chi connectivity index (χ3n) is 4.66. The molecule has 1 aromatic heterocycles. The van der Waals surface area contributed by atoms with Gasteiger partial charge in [-0.1, -0.05) is 0 Å². The van der Waals surface area contributed by atoms with Crippen LogP contribution in [-0.2, 0) is 4.79 Å². The number of carbonyl (C=O) groups is 1. The fraction of sp³-hybridized carbons (Fsp3) is 0.444. The molecule has 1 amide bonds. The molecule has 1 aromatic carbocycles. The van der Waals surface area contributed by atoms with Gasteiger partial charge in [-0.3, -0.25) is 4.79 Å². The number of ether oxygens (including phenoxy) is 2. The topological polar surface area (TPSA) is 56.6 Å². The van der Waals surface area contributed by atoms with Crippen molar-refractivity contribution in [2.75, 3.05) is 20.8 Å². The summed E-state index contributed by atoms with van der Waals surface area (Å²) in [6.07, 6.45) is 7.12. The fourth-order valence-electron chi connectivity index (χ4n) is 3.31. The van der Waals surface area contributed by atoms with E-state index in [1.807, 2.05) is 40.8 Å². The minimum Gasteiger partial charge on any atom is -0.497 e. The minimum atomic E-state index is -0.266. The van der Waals surface area contributed by atoms with Crippen molar-refractivity contribution in [2.24, 2.45) is 0 Å². The summed E-state index contributed by atoms with van der Waals surface area (Å²) >= 11 is 0. The van der Waals surface area contributed by atoms with E-state index in [1.165, 1.54) is 0 Å². The predicted octanol–water partition coefficient (Wildman–Crippen LogP) is 2.83. The molecule has 128 valence electrons. The van der Waals surface area contributed by atoms with Crippen LogP contribution in [0.2, 0.25) is 0 Å². The number of aromatic nitrogens is 2. The van der Waals surface area contributed by atoms with Crippen LogP contribution >= 0.6 is 0 Å². The zero-order chi connectivity index (χ0) is 17.1. The summed E-state index contributed by atoms with van der Waals surface area (Å²) in [5.41, 5.74) is 1.03. The highest BCUT2D eigenvalue weighted by molar-refractivity contribution is 5.81. The zero-order valence-corrected chi connectivity index (χ0v) is 14.3. The summed E-state index contributed by atoms with van der Waals surface area (Å²) in [5, 5.41) is 0. The molecule has 3 rings (SSSR count). The molecule has 2 unspecified atom stereocenters. The summed E-state index contributed by atoms with van der Waals surface area (Å²) < 4.78 is 12.6. The number of rotatable bonds is 5. The Morgan fingerprint density at radius 2 is 2.17 bits per heavy atom. The van der Waals surface area contributed by atoms with Crippen LogP contribution in [0.3, 0.4) is 0 Å². The van der Waals surface area contributed by atoms with Crippen LogP contribution in [0.15, 0.2) is 36.9 Å². The summed E-state index contributed by atoms with van der Waals surface area (Å²) in [6, 6.07) is 5.55. The van der Waals surface area contributed by atoms with E-state index in [9.17, 15) is 4.79 Å². The molecule has 6 nitrogen and oxygen atoms in total. The highest BCUT2D eigenvalue weighted by atomic mass is 16.5. The first kappa shape index (κ1) is 16.4. The van der Waals surface area contributed by atoms with Crippen LogP contribution in [0.25, 0.3) is 0 Å². The van der Waals surface area contributed by atoms with Gasteiger partial charge in [-0.2, -0.15) is 0 Å². The van der Waals surface area contributed by atoms with Crippen molar-refractivity contribution in [2.45, 2.75) is 31.8 Å². The average molecular weight is 329 g/mol. The number of carbonyl (C=O) groups excluding carboxylic acids is 1. The van der Waals surface area contributed by atoms with Crippen molar-refractivity contribution in [3.05, 3.63) is 42.5 Å². The molecule has 1 fully saturated rings. The number of nitrogens with zero attached hydrogens (tertiary/aromatic N) is 3. The maximum atomic E-state index is 13.0. The first-order chi connectivity index (χ1) is 11.7. The molecule has 2 atom stereocenters. The molecule has 6 heteroatoms. The quantitative estimate of drug-likeness (QED) is 0.846. The largest absolute Gasteiger partial charge is 0.497 e. The summed E-state index contributed by atoms with van der Waals surface area (Å²) in [6.45, 7) is 2.67. The van der Waals surface area contributed by atoms with Crippen LogP contribution in [-0.4, -0.2) is 41.1 Å². The van der Waals surface area contributed by atoms with Gasteiger partial charge < -0.3 is 18.9 Å². The van der Waals surface area contributed by atoms with E-state index in [1.54, 1.807) is 26.7 Å². The number of hydrogen-bond donors (Lipinski definition) is 0. The van der Waals surface area contributed by atoms with Crippen molar-refractivity contribution < 1.29 is 14.3 Å². The fourth-order valence-corrected chi connectivity index (χ4v) is 3.31. The molecule has 0 spiro atoms. The Kier molecular flexibility index (Phi) is 4.74. The maximum Gasteiger partial charge on any atom is 0.245 e. The number of imidazole rings is 1. The first-order valence-corrected chi connectivity index (χ1v) is 8.15. The van der Waals surface area contributed by atoms with Crippen LogP contribution < -0.4 is 9.47 Å². The lowest BCUT2D eigenvalue weighted by atomic mass is 10.0. The second-order valence-corrected chi connectivity index (χ2v) is 5.98. The molecule has 1 aliphatic heterocycles. The molecule has 0 saturated carbocycles. The molecule has 1 saturated heterocycles. The average Bonchev–Trinajstić information content (AvgIpc) is 3.31. The van der Waals surface area contributed by atoms with Gasteiger partial charge in [-0.15, -0.1) is 0 Å². The molecule has 0 radical (unpaired) electrons. The van der Waals surface area contributed by atoms with Gasteiger partial charge in [0.05, 0.1) is 26.6 Å². The summed E-state index contributed by atoms with van der Waals surface area (Å²) in [5.74, 6) is 1.61. The lowest BCUT2D eigenvalue weighted by molar-refractivity contribution is -0.135. The molecule has 24 heavy (non-hydrogen) atoms. The van der Waals surface area contributed by atoms with Gasteiger partial charge in [-0.05, 0) is 31.9 Å². The van der Waals surface area contributed by atoms with E-state index in [0.29, 0.717) is 0 Å². The van der Waals surface area contributed by atoms with Gasteiger partial charge in [0.2, 0.25) is 5.91 Å². The van der Waals surface area contributed by atoms with Crippen molar-refractivity contribution in [1.82, 2.24) is 14.5 Å². The Balaban J connectivity index is 1.87. The van der Waals surface area contributed by atoms with Gasteiger partial charge in [0.25, 0.3) is 0 Å². The Bertz CT molecular complexity index is 700. The van der Waals surface area contributed by atoms with Crippen molar-refractivity contribution in [1.29, 1.82) is 0 Å². The SMILES string of the molecule is COc1ccc(C2CCCN2C(=O)C(C)n2ccnc2)c(OC)c1. The molecule has 2 aromatic rings. The highest BCUT2D eigenvalue weighted by Gasteiger charge is 2.34. The lowest BCUT2D eigenvalue weighted by Gasteiger charge is -2.29. The Hall–Kier alpha value is -2.50. The van der Waals surface area contributed by atoms with E-state index >= 15 is 0 Å². The van der Waals surface area contributed by atoms with Gasteiger partial charge in [0.15, 0.2) is 0 Å². The monoisotopic (exact) mass is 329 g/mol. The molecule has 0 N–H and O–H groups in total. The van der Waals surface area contributed by atoms with Gasteiger partial charge in [0, 0.05) is 30.6 Å². The Morgan fingerprint density at radius 1 is 1.33 bits per heavy atom. The van der Waals surface area contributed by atoms with Gasteiger partial charge in [-0.25, -0.2) is 4.98 Å². The van der Waals surface area contributed by atoms with Crippen molar-refractivity contribution in [3.8, 4) is 11.5 Å². The Morgan fingerprint density at radius 3 is 2.83 bits per heavy atom. The highest BCUT2D eigenvalue weighted by Crippen LogP contribution is 2.39. The summed E-state index contributed by atoms with van der Waals surface area (Å²) in [4.78, 5) is 18.9. The smallest absolute Gasteiger partial charge is 0.245 e. The second kappa shape index (κ2) is 6.95. The number of hydrogen-bond acceptors (Lipinski definition) is 4. The van der Waals surface area contributed by atoms with E-state index in [2.05, 4.69) is 4.98 Å². The van der Waals surface area contributed by atoms with E-state index < -0.39 is 0 Å². The van der Waals surface area contributed by atoms with E-state index in [-0.39, 0.29) is 18.0 Å². The lowest BCUT2D eigenvalue weighted by Crippen LogP contribution is -2.35. The standard InChI is InChI=1S/C18H23N3O3/c1-13(20-10-8-19-12-20)18(22)21-9-4-5-16(21)15-7-6-14(23-2)11-17(15)24-3/h6-8,10-13,16H,4-5,9H2,1-3H3. The van der Waals surface area contributed by atoms with Crippen LogP contribution in [0.5, 0.6) is 11.5 Å². The number of amides is 1. The van der Waals surface area contributed by atoms with Crippen LogP contribution in [0.4, 0.5) is 0 Å². The molecule has 2 heterocycles. The maximum absolute atomic E-state index is 13.0. The van der Waals surface area contributed by atoms with Crippen molar-refractivity contribution in [3.63, 3.8) is 0 Å². The van der Waals surface area contributed by atoms with Crippen molar-refractivity contribution >= 4 is 5.91 Å². The second-order valence-electron chi connectivity index (χ2n) is 5.98. The van der Waals surface area contributed by atoms with Crippen LogP contribution in [0, 0.1) is 0 Å². The van der Waals surface area contributed by atoms with Gasteiger partial charge in [0.1, 0.15) is 17.5 Å². The third kappa shape index (κ3) is 2.96. The normalized spacial score (nSPS) is 18.5.